The van der Waals surface area contributed by atoms with Gasteiger partial charge >= 0.3 is 36.9 Å². The van der Waals surface area contributed by atoms with Gasteiger partial charge in [-0.25, -0.2) is 28.8 Å². The highest BCUT2D eigenvalue weighted by Gasteiger charge is 2.33. The number of nitrogens with two attached hydrogens (primary N) is 1. The molecule has 4 atom stereocenters. The number of nitrogens with zero attached hydrogens (tertiary/aromatic N) is 6. The van der Waals surface area contributed by atoms with Crippen molar-refractivity contribution in [2.75, 3.05) is 39.3 Å². The van der Waals surface area contributed by atoms with E-state index in [0.29, 0.717) is 19.6 Å². The number of non-ortho nitro benzene ring substituents is 2. The predicted molar refractivity (Wildman–Crippen MR) is 322 cm³/mol. The molecule has 0 bridgehead atoms. The van der Waals surface area contributed by atoms with Crippen LogP contribution in [0.5, 0.6) is 11.5 Å². The zero-order valence-electron chi connectivity index (χ0n) is 50.1. The molecule has 3 aliphatic rings. The van der Waals surface area contributed by atoms with Gasteiger partial charge in [-0.1, -0.05) is 50.3 Å². The van der Waals surface area contributed by atoms with Crippen LogP contribution in [0.2, 0.25) is 0 Å². The fourth-order valence-corrected chi connectivity index (χ4v) is 9.01. The van der Waals surface area contributed by atoms with Crippen molar-refractivity contribution in [3.63, 3.8) is 0 Å². The number of likely N-dealkylation sites (tertiary alicyclic amines) is 3. The first-order chi connectivity index (χ1) is 40.5. The van der Waals surface area contributed by atoms with Gasteiger partial charge in [-0.2, -0.15) is 0 Å². The summed E-state index contributed by atoms with van der Waals surface area (Å²) in [5.41, 5.74) is 4.48. The monoisotopic (exact) mass is 1220 g/mol. The number of piperidine rings is 3. The molecule has 3 saturated heterocycles. The number of urea groups is 1. The summed E-state index contributed by atoms with van der Waals surface area (Å²) < 4.78 is 20.3. The fourth-order valence-electron chi connectivity index (χ4n) is 8.92. The molecule has 86 heavy (non-hydrogen) atoms. The second-order valence-corrected chi connectivity index (χ2v) is 22.9. The molecule has 3 aromatic rings. The molecule has 0 aromatic heterocycles. The lowest BCUT2D eigenvalue weighted by Gasteiger charge is -2.36. The molecule has 470 valence electrons. The number of nitro benzene ring substituents is 2. The van der Waals surface area contributed by atoms with Crippen molar-refractivity contribution in [1.82, 2.24) is 30.7 Å². The summed E-state index contributed by atoms with van der Waals surface area (Å²) in [6.07, 6.45) is 8.98. The van der Waals surface area contributed by atoms with E-state index in [1.165, 1.54) is 48.5 Å². The lowest BCUT2D eigenvalue weighted by molar-refractivity contribution is -0.385. The Hall–Kier alpha value is -8.06. The van der Waals surface area contributed by atoms with Crippen molar-refractivity contribution >= 4 is 65.7 Å². The Morgan fingerprint density at radius 3 is 1.58 bits per heavy atom. The summed E-state index contributed by atoms with van der Waals surface area (Å²) in [4.78, 5) is 99.9. The number of halogens is 1. The molecule has 0 saturated carbocycles. The Kier molecular flexibility index (Phi) is 30.3. The van der Waals surface area contributed by atoms with Crippen LogP contribution in [0.4, 0.5) is 35.3 Å². The Morgan fingerprint density at radius 1 is 0.709 bits per heavy atom. The van der Waals surface area contributed by atoms with Gasteiger partial charge in [0.15, 0.2) is 0 Å². The van der Waals surface area contributed by atoms with Crippen LogP contribution in [0.1, 0.15) is 119 Å². The number of rotatable bonds is 15. The summed E-state index contributed by atoms with van der Waals surface area (Å²) in [6.45, 7) is 25.1. The fraction of sp³-hybridized carbons (Fsp3) is 0.534. The highest BCUT2D eigenvalue weighted by Crippen LogP contribution is 2.24. The van der Waals surface area contributed by atoms with Gasteiger partial charge in [-0.15, -0.1) is 0 Å². The summed E-state index contributed by atoms with van der Waals surface area (Å²) in [5, 5.41) is 48.1. The van der Waals surface area contributed by atoms with Crippen LogP contribution >= 0.6 is 11.6 Å². The number of nitro groups is 2. The second-order valence-electron chi connectivity index (χ2n) is 22.6. The van der Waals surface area contributed by atoms with Gasteiger partial charge in [0.1, 0.15) is 22.7 Å². The molecule has 3 fully saturated rings. The van der Waals surface area contributed by atoms with Crippen molar-refractivity contribution in [2.24, 2.45) is 11.7 Å². The zero-order chi connectivity index (χ0) is 64.1. The first-order valence-corrected chi connectivity index (χ1v) is 28.7. The van der Waals surface area contributed by atoms with Crippen molar-refractivity contribution < 1.29 is 67.6 Å². The minimum Gasteiger partial charge on any atom is -0.444 e. The minimum absolute atomic E-state index is 0.0747. The van der Waals surface area contributed by atoms with Crippen LogP contribution in [0.25, 0.3) is 4.85 Å². The molecule has 6 rings (SSSR count). The van der Waals surface area contributed by atoms with Crippen LogP contribution in [-0.2, 0) is 20.7 Å². The molecule has 3 heterocycles. The maximum absolute atomic E-state index is 12.8. The Balaban J connectivity index is 0.000000318. The van der Waals surface area contributed by atoms with Crippen LogP contribution in [0.15, 0.2) is 90.6 Å². The number of hydrogen-bond acceptors (Lipinski definition) is 17. The Morgan fingerprint density at radius 2 is 1.15 bits per heavy atom. The standard InChI is InChI=1S/C22H31BN4O4.C18H25N3O6.C11H22N2O2.C7H4ClNO4/c1-16(2)13-19(24-3)21(28)27-12-8-7-11-18(27)15-25-22(29)26-20(23(30)31)14-17-9-5-4-6-10-17;1-18(2,3)27-17(23)20-11-5-4-6-14(20)12-19-16(22)26-15-9-7-13(8-10-15)21(24)25;1-11(2,3)15-10(14)13-7-5-4-6-9(13)8-12;8-7(10)13-6-3-1-5(2-4-6)9(11)12/h4-6,9-10,13,16,18,20,30-31H,7-8,11-12,14-15H2,1-2H3,(H2,25,26,29);7-10,14H,4-6,11-12H2,1-3H3,(H,19,22);9H,4-8,12H2,1-3H3;1-4H/t18-,20-;14-;9-;/m000./s1. The van der Waals surface area contributed by atoms with Gasteiger partial charge in [0, 0.05) is 87.2 Å². The number of carbonyl (C=O) groups excluding carboxylic acids is 6. The molecule has 6 amide bonds. The van der Waals surface area contributed by atoms with E-state index in [2.05, 4.69) is 25.5 Å². The SMILES string of the molecule is CC(C)(C)OC(=O)N1CCCC[C@H]1CN.CC(C)(C)OC(=O)N1CCCC[C@H]1CNC(=O)Oc1ccc([N+](=O)[O-])cc1.O=C(Cl)Oc1ccc([N+](=O)[O-])cc1.[C-]#[N+]C(=CC(C)C)C(=O)N1CCCC[C@H]1CNC(=O)N[C@@H](Cc1ccccc1)B(O)O. The third kappa shape index (κ3) is 27.3. The van der Waals surface area contributed by atoms with E-state index in [4.69, 9.17) is 38.1 Å². The maximum atomic E-state index is 12.8. The number of carbonyl (C=O) groups is 6. The van der Waals surface area contributed by atoms with E-state index in [0.717, 1.165) is 69.9 Å². The molecular formula is C58H82BClN10O16. The number of allylic oxidation sites excluding steroid dienone is 1. The summed E-state index contributed by atoms with van der Waals surface area (Å²) >= 11 is 4.92. The van der Waals surface area contributed by atoms with Crippen LogP contribution < -0.4 is 31.2 Å². The molecule has 3 aliphatic heterocycles. The smallest absolute Gasteiger partial charge is 0.444 e. The van der Waals surface area contributed by atoms with E-state index in [1.54, 1.807) is 20.8 Å². The molecule has 28 heteroatoms. The first-order valence-electron chi connectivity index (χ1n) is 28.4. The molecule has 7 N–H and O–H groups in total. The molecule has 26 nitrogen and oxygen atoms in total. The van der Waals surface area contributed by atoms with Gasteiger partial charge in [-0.05, 0) is 141 Å². The number of nitrogens with one attached hydrogen (secondary N) is 3. The van der Waals surface area contributed by atoms with E-state index >= 15 is 0 Å². The van der Waals surface area contributed by atoms with E-state index in [1.807, 2.05) is 85.7 Å². The lowest BCUT2D eigenvalue weighted by atomic mass is 9.76. The zero-order valence-corrected chi connectivity index (χ0v) is 50.9. The van der Waals surface area contributed by atoms with Crippen molar-refractivity contribution in [3.05, 3.63) is 128 Å². The third-order valence-electron chi connectivity index (χ3n) is 13.0. The summed E-state index contributed by atoms with van der Waals surface area (Å²) in [6, 6.07) is 18.7. The molecule has 0 radical (unpaired) electrons. The number of benzene rings is 3. The van der Waals surface area contributed by atoms with Gasteiger partial charge < -0.3 is 65.4 Å². The van der Waals surface area contributed by atoms with Gasteiger partial charge in [0.2, 0.25) is 5.70 Å². The van der Waals surface area contributed by atoms with Crippen molar-refractivity contribution in [3.8, 4) is 11.5 Å². The Labute approximate surface area is 507 Å². The van der Waals surface area contributed by atoms with Crippen molar-refractivity contribution in [1.29, 1.82) is 0 Å². The van der Waals surface area contributed by atoms with Crippen LogP contribution in [-0.4, -0.2) is 152 Å². The molecule has 0 aliphatic carbocycles. The average Bonchev–Trinajstić information content (AvgIpc) is 2.99. The first kappa shape index (κ1) is 72.2. The predicted octanol–water partition coefficient (Wildman–Crippen LogP) is 9.29. The van der Waals surface area contributed by atoms with E-state index in [9.17, 15) is 59.0 Å². The highest BCUT2D eigenvalue weighted by molar-refractivity contribution is 6.61. The number of ether oxygens (including phenoxy) is 4. The van der Waals surface area contributed by atoms with Crippen LogP contribution in [0.3, 0.4) is 0 Å². The summed E-state index contributed by atoms with van der Waals surface area (Å²) in [5.74, 6) is -0.708. The minimum atomic E-state index is -1.71. The molecule has 3 aromatic carbocycles. The van der Waals surface area contributed by atoms with Gasteiger partial charge in [-0.3, -0.25) is 25.0 Å². The van der Waals surface area contributed by atoms with E-state index in [-0.39, 0.29) is 84.1 Å². The normalized spacial score (nSPS) is 17.1. The third-order valence-corrected chi connectivity index (χ3v) is 13.0. The maximum Gasteiger partial charge on any atom is 0.475 e. The highest BCUT2D eigenvalue weighted by atomic mass is 35.5. The van der Waals surface area contributed by atoms with Crippen LogP contribution in [0, 0.1) is 32.7 Å². The largest absolute Gasteiger partial charge is 0.475 e. The molecule has 0 spiro atoms. The van der Waals surface area contributed by atoms with Crippen molar-refractivity contribution in [2.45, 2.75) is 155 Å². The van der Waals surface area contributed by atoms with Gasteiger partial charge in [0.25, 0.3) is 17.3 Å². The van der Waals surface area contributed by atoms with Gasteiger partial charge in [0.05, 0.1) is 28.4 Å². The molecule has 0 unspecified atom stereocenters. The average molecular weight is 1220 g/mol. The number of hydrogen-bond donors (Lipinski definition) is 6. The quantitative estimate of drug-likeness (QED) is 0.0206. The Bertz CT molecular complexity index is 2760. The lowest BCUT2D eigenvalue weighted by Crippen LogP contribution is -2.54. The van der Waals surface area contributed by atoms with E-state index < -0.39 is 57.8 Å². The molecular weight excluding hydrogens is 1140 g/mol. The number of amides is 6. The summed E-state index contributed by atoms with van der Waals surface area (Å²) in [7, 11) is -1.71. The topological polar surface area (TPSA) is 342 Å². The second kappa shape index (κ2) is 36.1.